The zero-order valence-electron chi connectivity index (χ0n) is 12.2. The first-order valence-electron chi connectivity index (χ1n) is 6.66. The molecule has 1 aliphatic rings. The molecule has 0 atom stereocenters. The number of halogens is 1. The number of aromatic nitrogens is 1. The van der Waals surface area contributed by atoms with Crippen LogP contribution in [-0.4, -0.2) is 16.8 Å². The summed E-state index contributed by atoms with van der Waals surface area (Å²) in [6.07, 6.45) is 3.15. The van der Waals surface area contributed by atoms with Crippen molar-refractivity contribution < 1.29 is 9.59 Å². The minimum absolute atomic E-state index is 0. The van der Waals surface area contributed by atoms with E-state index in [4.69, 9.17) is 0 Å². The third-order valence-electron chi connectivity index (χ3n) is 3.71. The summed E-state index contributed by atoms with van der Waals surface area (Å²) in [6.45, 7) is 3.73. The van der Waals surface area contributed by atoms with Crippen LogP contribution in [-0.2, 0) is 10.2 Å². The fourth-order valence-electron chi connectivity index (χ4n) is 2.36. The van der Waals surface area contributed by atoms with Crippen molar-refractivity contribution in [2.45, 2.75) is 19.3 Å². The van der Waals surface area contributed by atoms with Crippen LogP contribution in [0.15, 0.2) is 42.7 Å². The van der Waals surface area contributed by atoms with Crippen molar-refractivity contribution in [1.82, 2.24) is 4.98 Å². The van der Waals surface area contributed by atoms with E-state index < -0.39 is 5.41 Å². The molecular weight excluding hydrogens is 302 g/mol. The van der Waals surface area contributed by atoms with Crippen LogP contribution in [0.4, 0.5) is 11.4 Å². The number of anilines is 2. The number of rotatable bonds is 2. The predicted molar refractivity (Wildman–Crippen MR) is 87.5 cm³/mol. The number of carbonyl (C=O) groups is 2. The average Bonchev–Trinajstić information content (AvgIpc) is 2.70. The van der Waals surface area contributed by atoms with Gasteiger partial charge in [-0.1, -0.05) is 0 Å². The highest BCUT2D eigenvalue weighted by molar-refractivity contribution is 6.07. The molecular formula is C16H16ClN3O2. The Kier molecular flexibility index (Phi) is 4.19. The third kappa shape index (κ3) is 2.67. The second-order valence-corrected chi connectivity index (χ2v) is 5.53. The van der Waals surface area contributed by atoms with Crippen LogP contribution in [0.5, 0.6) is 0 Å². The Hall–Kier alpha value is -2.40. The fraction of sp³-hybridized carbons (Fsp3) is 0.188. The zero-order valence-corrected chi connectivity index (χ0v) is 13.0. The first kappa shape index (κ1) is 16.0. The quantitative estimate of drug-likeness (QED) is 0.894. The fourth-order valence-corrected chi connectivity index (χ4v) is 2.36. The highest BCUT2D eigenvalue weighted by atomic mass is 35.5. The van der Waals surface area contributed by atoms with E-state index in [1.165, 1.54) is 0 Å². The number of hydrogen-bond donors (Lipinski definition) is 2. The van der Waals surface area contributed by atoms with Crippen molar-refractivity contribution in [1.29, 1.82) is 0 Å². The average molecular weight is 318 g/mol. The van der Waals surface area contributed by atoms with Crippen LogP contribution < -0.4 is 10.6 Å². The Morgan fingerprint density at radius 3 is 2.55 bits per heavy atom. The Balaban J connectivity index is 0.00000176. The molecule has 2 amide bonds. The summed E-state index contributed by atoms with van der Waals surface area (Å²) in [5, 5.41) is 5.67. The molecule has 22 heavy (non-hydrogen) atoms. The van der Waals surface area contributed by atoms with Crippen molar-refractivity contribution in [2.75, 3.05) is 10.6 Å². The van der Waals surface area contributed by atoms with Crippen molar-refractivity contribution in [3.05, 3.63) is 53.9 Å². The molecule has 2 heterocycles. The third-order valence-corrected chi connectivity index (χ3v) is 3.71. The van der Waals surface area contributed by atoms with Crippen LogP contribution in [0.2, 0.25) is 0 Å². The lowest BCUT2D eigenvalue weighted by molar-refractivity contribution is -0.119. The first-order valence-corrected chi connectivity index (χ1v) is 6.66. The summed E-state index contributed by atoms with van der Waals surface area (Å²) in [4.78, 5) is 27.9. The maximum Gasteiger partial charge on any atom is 0.255 e. The van der Waals surface area contributed by atoms with Crippen LogP contribution in [0, 0.1) is 0 Å². The monoisotopic (exact) mass is 317 g/mol. The molecule has 5 nitrogen and oxygen atoms in total. The molecule has 114 valence electrons. The van der Waals surface area contributed by atoms with Crippen molar-refractivity contribution in [3.63, 3.8) is 0 Å². The lowest BCUT2D eigenvalue weighted by Gasteiger charge is -2.16. The highest BCUT2D eigenvalue weighted by Gasteiger charge is 2.38. The lowest BCUT2D eigenvalue weighted by Crippen LogP contribution is -2.26. The highest BCUT2D eigenvalue weighted by Crippen LogP contribution is 2.38. The molecule has 1 aromatic carbocycles. The number of carbonyl (C=O) groups excluding carboxylic acids is 2. The minimum atomic E-state index is -0.591. The van der Waals surface area contributed by atoms with Gasteiger partial charge in [-0.15, -0.1) is 12.4 Å². The number of fused-ring (bicyclic) bond motifs is 1. The molecule has 2 aromatic rings. The molecule has 0 spiro atoms. The number of amides is 2. The Labute approximate surface area is 134 Å². The maximum absolute atomic E-state index is 12.1. The van der Waals surface area contributed by atoms with Gasteiger partial charge in [-0.05, 0) is 49.7 Å². The molecule has 1 aliphatic heterocycles. The summed E-state index contributed by atoms with van der Waals surface area (Å²) < 4.78 is 0. The van der Waals surface area contributed by atoms with Gasteiger partial charge in [0.15, 0.2) is 0 Å². The lowest BCUT2D eigenvalue weighted by atomic mass is 9.86. The number of nitrogens with one attached hydrogen (secondary N) is 2. The molecule has 2 N–H and O–H groups in total. The van der Waals surface area contributed by atoms with Gasteiger partial charge in [-0.3, -0.25) is 14.6 Å². The van der Waals surface area contributed by atoms with E-state index in [0.717, 1.165) is 11.3 Å². The second kappa shape index (κ2) is 5.77. The van der Waals surface area contributed by atoms with Gasteiger partial charge in [0.2, 0.25) is 5.91 Å². The molecule has 0 saturated heterocycles. The van der Waals surface area contributed by atoms with E-state index >= 15 is 0 Å². The number of nitrogens with zero attached hydrogens (tertiary/aromatic N) is 1. The zero-order chi connectivity index (χ0) is 15.0. The molecule has 0 aliphatic carbocycles. The van der Waals surface area contributed by atoms with Gasteiger partial charge in [0, 0.05) is 29.3 Å². The SMILES string of the molecule is CC1(C)C(=O)Nc2ccc(NC(=O)c3ccncc3)cc21.Cl. The van der Waals surface area contributed by atoms with Gasteiger partial charge < -0.3 is 10.6 Å². The van der Waals surface area contributed by atoms with E-state index in [1.807, 2.05) is 26.0 Å². The van der Waals surface area contributed by atoms with Crippen molar-refractivity contribution in [3.8, 4) is 0 Å². The first-order chi connectivity index (χ1) is 9.98. The summed E-state index contributed by atoms with van der Waals surface area (Å²) >= 11 is 0. The van der Waals surface area contributed by atoms with Gasteiger partial charge in [0.1, 0.15) is 0 Å². The smallest absolute Gasteiger partial charge is 0.255 e. The normalized spacial score (nSPS) is 14.5. The Morgan fingerprint density at radius 2 is 1.86 bits per heavy atom. The second-order valence-electron chi connectivity index (χ2n) is 5.53. The van der Waals surface area contributed by atoms with Gasteiger partial charge in [0.25, 0.3) is 5.91 Å². The summed E-state index contributed by atoms with van der Waals surface area (Å²) in [5.41, 5.74) is 2.30. The predicted octanol–water partition coefficient (Wildman–Crippen LogP) is 2.99. The van der Waals surface area contributed by atoms with E-state index in [9.17, 15) is 9.59 Å². The van der Waals surface area contributed by atoms with Gasteiger partial charge in [-0.2, -0.15) is 0 Å². The van der Waals surface area contributed by atoms with Crippen LogP contribution in [0.1, 0.15) is 29.8 Å². The molecule has 0 unspecified atom stereocenters. The van der Waals surface area contributed by atoms with Crippen molar-refractivity contribution in [2.24, 2.45) is 0 Å². The molecule has 0 bridgehead atoms. The van der Waals surface area contributed by atoms with Crippen LogP contribution in [0.25, 0.3) is 0 Å². The van der Waals surface area contributed by atoms with E-state index in [0.29, 0.717) is 11.3 Å². The topological polar surface area (TPSA) is 71.1 Å². The number of pyridine rings is 1. The van der Waals surface area contributed by atoms with E-state index in [2.05, 4.69) is 15.6 Å². The van der Waals surface area contributed by atoms with Crippen LogP contribution >= 0.6 is 12.4 Å². The van der Waals surface area contributed by atoms with Gasteiger partial charge in [-0.25, -0.2) is 0 Å². The summed E-state index contributed by atoms with van der Waals surface area (Å²) in [6, 6.07) is 8.73. The Bertz CT molecular complexity index is 729. The molecule has 0 saturated carbocycles. The molecule has 1 aromatic heterocycles. The minimum Gasteiger partial charge on any atom is -0.325 e. The van der Waals surface area contributed by atoms with Crippen LogP contribution in [0.3, 0.4) is 0 Å². The number of benzene rings is 1. The standard InChI is InChI=1S/C16H15N3O2.ClH/c1-16(2)12-9-11(3-4-13(12)19-15(16)21)18-14(20)10-5-7-17-8-6-10;/h3-9H,1-2H3,(H,18,20)(H,19,21);1H. The summed E-state index contributed by atoms with van der Waals surface area (Å²) in [7, 11) is 0. The van der Waals surface area contributed by atoms with Crippen molar-refractivity contribution >= 4 is 35.6 Å². The number of hydrogen-bond acceptors (Lipinski definition) is 3. The largest absolute Gasteiger partial charge is 0.325 e. The van der Waals surface area contributed by atoms with E-state index in [-0.39, 0.29) is 24.2 Å². The van der Waals surface area contributed by atoms with E-state index in [1.54, 1.807) is 30.6 Å². The Morgan fingerprint density at radius 1 is 1.18 bits per heavy atom. The van der Waals surface area contributed by atoms with Gasteiger partial charge in [0.05, 0.1) is 5.41 Å². The summed E-state index contributed by atoms with van der Waals surface area (Å²) in [5.74, 6) is -0.234. The maximum atomic E-state index is 12.1. The molecule has 0 fully saturated rings. The van der Waals surface area contributed by atoms with Gasteiger partial charge >= 0.3 is 0 Å². The molecule has 0 radical (unpaired) electrons. The molecule has 6 heteroatoms. The molecule has 3 rings (SSSR count).